The van der Waals surface area contributed by atoms with Gasteiger partial charge in [-0.1, -0.05) is 115 Å². The van der Waals surface area contributed by atoms with E-state index in [9.17, 15) is 0 Å². The van der Waals surface area contributed by atoms with Crippen molar-refractivity contribution in [2.45, 2.75) is 0 Å². The van der Waals surface area contributed by atoms with Gasteiger partial charge in [0.2, 0.25) is 0 Å². The molecule has 0 N–H and O–H groups in total. The molecule has 0 radical (unpaired) electrons. The van der Waals surface area contributed by atoms with E-state index in [1.54, 1.807) is 0 Å². The molecule has 3 heteroatoms. The van der Waals surface area contributed by atoms with Gasteiger partial charge < -0.3 is 9.32 Å². The normalized spacial score (nSPS) is 11.9. The molecule has 0 spiro atoms. The summed E-state index contributed by atoms with van der Waals surface area (Å²) < 4.78 is 8.80. The third-order valence-electron chi connectivity index (χ3n) is 10.4. The number of hydrogen-bond acceptors (Lipinski definition) is 3. The molecule has 2 aromatic heterocycles. The van der Waals surface area contributed by atoms with Crippen molar-refractivity contribution in [1.29, 1.82) is 0 Å². The van der Waals surface area contributed by atoms with Crippen LogP contribution in [0.15, 0.2) is 180 Å². The highest BCUT2D eigenvalue weighted by molar-refractivity contribution is 7.25. The summed E-state index contributed by atoms with van der Waals surface area (Å²) in [5.74, 6) is 0. The van der Waals surface area contributed by atoms with Gasteiger partial charge in [0.15, 0.2) is 0 Å². The van der Waals surface area contributed by atoms with Crippen molar-refractivity contribution in [3.05, 3.63) is 176 Å². The van der Waals surface area contributed by atoms with E-state index in [2.05, 4.69) is 169 Å². The Kier molecular flexibility index (Phi) is 6.16. The molecule has 2 nitrogen and oxygen atoms in total. The van der Waals surface area contributed by atoms with Crippen LogP contribution < -0.4 is 4.90 Å². The zero-order valence-electron chi connectivity index (χ0n) is 27.5. The summed E-state index contributed by atoms with van der Waals surface area (Å²) in [5, 5.41) is 12.5. The van der Waals surface area contributed by atoms with Crippen LogP contribution in [-0.4, -0.2) is 0 Å². The van der Waals surface area contributed by atoms with Gasteiger partial charge in [-0.2, -0.15) is 0 Å². The van der Waals surface area contributed by atoms with Crippen LogP contribution in [0.3, 0.4) is 0 Å². The molecule has 2 heterocycles. The number of thiophene rings is 1. The lowest BCUT2D eigenvalue weighted by Crippen LogP contribution is -2.09. The van der Waals surface area contributed by atoms with Gasteiger partial charge in [0, 0.05) is 48.0 Å². The first-order chi connectivity index (χ1) is 25.2. The van der Waals surface area contributed by atoms with Crippen LogP contribution in [-0.2, 0) is 0 Å². The van der Waals surface area contributed by atoms with Gasteiger partial charge in [-0.15, -0.1) is 11.3 Å². The molecule has 0 aliphatic carbocycles. The van der Waals surface area contributed by atoms with E-state index in [1.807, 2.05) is 23.5 Å². The second-order valence-corrected chi connectivity index (χ2v) is 14.4. The van der Waals surface area contributed by atoms with E-state index in [1.165, 1.54) is 63.6 Å². The summed E-state index contributed by atoms with van der Waals surface area (Å²) in [7, 11) is 0. The minimum absolute atomic E-state index is 0.895. The Morgan fingerprint density at radius 2 is 0.922 bits per heavy atom. The van der Waals surface area contributed by atoms with Crippen molar-refractivity contribution in [2.24, 2.45) is 0 Å². The van der Waals surface area contributed by atoms with E-state index >= 15 is 0 Å². The van der Waals surface area contributed by atoms with Crippen molar-refractivity contribution in [1.82, 2.24) is 0 Å². The second kappa shape index (κ2) is 11.0. The molecule has 0 unspecified atom stereocenters. The van der Waals surface area contributed by atoms with Crippen LogP contribution in [0, 0.1) is 0 Å². The zero-order chi connectivity index (χ0) is 33.5. The Hall–Kier alpha value is -6.42. The summed E-state index contributed by atoms with van der Waals surface area (Å²) in [4.78, 5) is 2.37. The van der Waals surface area contributed by atoms with E-state index in [4.69, 9.17) is 4.42 Å². The number of nitrogens with zero attached hydrogens (tertiary/aromatic N) is 1. The summed E-state index contributed by atoms with van der Waals surface area (Å²) in [5.41, 5.74) is 7.51. The average molecular weight is 668 g/mol. The van der Waals surface area contributed by atoms with Crippen molar-refractivity contribution in [3.8, 4) is 11.1 Å². The maximum Gasteiger partial charge on any atom is 0.135 e. The molecule has 0 atom stereocenters. The SMILES string of the molecule is c1ccc2c(c1)ccc1c3cc(-c4ccc(N(c5ccc6c(c5)sc5ccccc56)c5ccc6oc7ccccc7c6c5)cc4)ccc3ccc21. The van der Waals surface area contributed by atoms with Crippen LogP contribution >= 0.6 is 11.3 Å². The van der Waals surface area contributed by atoms with Gasteiger partial charge in [-0.05, 0) is 104 Å². The number of rotatable bonds is 4. The number of furan rings is 1. The monoisotopic (exact) mass is 667 g/mol. The fourth-order valence-electron chi connectivity index (χ4n) is 7.95. The third kappa shape index (κ3) is 4.49. The van der Waals surface area contributed by atoms with E-state index in [-0.39, 0.29) is 0 Å². The van der Waals surface area contributed by atoms with Gasteiger partial charge in [0.1, 0.15) is 11.2 Å². The van der Waals surface area contributed by atoms with Gasteiger partial charge in [-0.25, -0.2) is 0 Å². The summed E-state index contributed by atoms with van der Waals surface area (Å²) in [6, 6.07) is 63.9. The van der Waals surface area contributed by atoms with Crippen LogP contribution in [0.2, 0.25) is 0 Å². The Labute approximate surface area is 298 Å². The Bertz CT molecular complexity index is 3150. The number of anilines is 3. The standard InChI is InChI=1S/C48H29NOS/c1-2-8-37-31(7-1)17-24-39-38(37)23-18-32-13-14-33(27-43(32)39)30-15-19-34(20-16-30)49(35-22-26-46-44(28-35)40-9-3-5-11-45(40)50-46)36-21-25-42-41-10-4-6-12-47(41)51-48(42)29-36/h1-29H. The summed E-state index contributed by atoms with van der Waals surface area (Å²) in [6.07, 6.45) is 0. The number of fused-ring (bicyclic) bond motifs is 11. The smallest absolute Gasteiger partial charge is 0.135 e. The molecular formula is C48H29NOS. The van der Waals surface area contributed by atoms with Gasteiger partial charge >= 0.3 is 0 Å². The third-order valence-corrected chi connectivity index (χ3v) is 11.6. The average Bonchev–Trinajstić information content (AvgIpc) is 3.75. The fraction of sp³-hybridized carbons (Fsp3) is 0. The lowest BCUT2D eigenvalue weighted by Gasteiger charge is -2.26. The van der Waals surface area contributed by atoms with Crippen LogP contribution in [0.25, 0.3) is 85.6 Å². The molecule has 0 bridgehead atoms. The van der Waals surface area contributed by atoms with Crippen molar-refractivity contribution in [2.75, 3.05) is 4.90 Å². The first-order valence-corrected chi connectivity index (χ1v) is 18.1. The Balaban J connectivity index is 1.05. The minimum atomic E-state index is 0.895. The Morgan fingerprint density at radius 1 is 0.333 bits per heavy atom. The maximum absolute atomic E-state index is 6.22. The summed E-state index contributed by atoms with van der Waals surface area (Å²) in [6.45, 7) is 0. The lowest BCUT2D eigenvalue weighted by molar-refractivity contribution is 0.669. The number of benzene rings is 9. The molecule has 0 amide bonds. The first-order valence-electron chi connectivity index (χ1n) is 17.3. The largest absolute Gasteiger partial charge is 0.456 e. The predicted octanol–water partition coefficient (Wildman–Crippen LogP) is 14.6. The van der Waals surface area contributed by atoms with Crippen LogP contribution in [0.4, 0.5) is 17.1 Å². The van der Waals surface area contributed by atoms with Crippen molar-refractivity contribution < 1.29 is 4.42 Å². The molecule has 0 saturated heterocycles. The van der Waals surface area contributed by atoms with E-state index < -0.39 is 0 Å². The Morgan fingerprint density at radius 3 is 1.80 bits per heavy atom. The molecule has 0 saturated carbocycles. The highest BCUT2D eigenvalue weighted by atomic mass is 32.1. The second-order valence-electron chi connectivity index (χ2n) is 13.3. The lowest BCUT2D eigenvalue weighted by atomic mass is 9.94. The molecule has 238 valence electrons. The zero-order valence-corrected chi connectivity index (χ0v) is 28.3. The van der Waals surface area contributed by atoms with Crippen molar-refractivity contribution in [3.63, 3.8) is 0 Å². The molecule has 9 aromatic carbocycles. The molecule has 0 aliphatic rings. The highest BCUT2D eigenvalue weighted by Gasteiger charge is 2.17. The van der Waals surface area contributed by atoms with Gasteiger partial charge in [0.05, 0.1) is 0 Å². The van der Waals surface area contributed by atoms with Gasteiger partial charge in [0.25, 0.3) is 0 Å². The van der Waals surface area contributed by atoms with Gasteiger partial charge in [-0.3, -0.25) is 0 Å². The fourth-order valence-corrected chi connectivity index (χ4v) is 9.09. The molecule has 11 aromatic rings. The first kappa shape index (κ1) is 28.4. The van der Waals surface area contributed by atoms with Crippen LogP contribution in [0.1, 0.15) is 0 Å². The highest BCUT2D eigenvalue weighted by Crippen LogP contribution is 2.43. The topological polar surface area (TPSA) is 16.4 Å². The molecule has 0 fully saturated rings. The molecular weight excluding hydrogens is 639 g/mol. The number of hydrogen-bond donors (Lipinski definition) is 0. The van der Waals surface area contributed by atoms with E-state index in [0.717, 1.165) is 39.0 Å². The quantitative estimate of drug-likeness (QED) is 0.174. The molecule has 11 rings (SSSR count). The maximum atomic E-state index is 6.22. The van der Waals surface area contributed by atoms with Crippen LogP contribution in [0.5, 0.6) is 0 Å². The molecule has 51 heavy (non-hydrogen) atoms. The summed E-state index contributed by atoms with van der Waals surface area (Å²) >= 11 is 1.85. The van der Waals surface area contributed by atoms with Crippen molar-refractivity contribution >= 4 is 103 Å². The predicted molar refractivity (Wildman–Crippen MR) is 219 cm³/mol. The number of para-hydroxylation sites is 1. The van der Waals surface area contributed by atoms with E-state index in [0.29, 0.717) is 0 Å². The molecule has 0 aliphatic heterocycles. The minimum Gasteiger partial charge on any atom is -0.456 e.